The quantitative estimate of drug-likeness (QED) is 0.557. The molecule has 6 nitrogen and oxygen atoms in total. The predicted molar refractivity (Wildman–Crippen MR) is 54.8 cm³/mol. The number of aliphatic hydroxyl groups is 2. The maximum atomic E-state index is 9.40. The van der Waals surface area contributed by atoms with E-state index < -0.39 is 30.6 Å². The summed E-state index contributed by atoms with van der Waals surface area (Å²) in [5, 5.41) is 18.4. The number of methoxy groups -OCH3 is 2. The lowest BCUT2D eigenvalue weighted by Gasteiger charge is -2.41. The Labute approximate surface area is 94.7 Å². The molecule has 5 atom stereocenters. The van der Waals surface area contributed by atoms with Gasteiger partial charge in [0.05, 0.1) is 12.6 Å². The molecule has 0 aromatic carbocycles. The molecule has 0 aromatic rings. The first kappa shape index (κ1) is 15.0. The molecule has 4 N–H and O–H groups in total. The summed E-state index contributed by atoms with van der Waals surface area (Å²) < 4.78 is 15.3. The van der Waals surface area contributed by atoms with Crippen molar-refractivity contribution in [2.24, 2.45) is 5.73 Å². The van der Waals surface area contributed by atoms with Gasteiger partial charge in [0.2, 0.25) is 0 Å². The number of rotatable bonds is 3. The summed E-state index contributed by atoms with van der Waals surface area (Å²) in [6, 6.07) is -0.673. The Morgan fingerprint density at radius 2 is 1.80 bits per heavy atom. The van der Waals surface area contributed by atoms with Crippen LogP contribution in [0.4, 0.5) is 0 Å². The van der Waals surface area contributed by atoms with Gasteiger partial charge in [-0.2, -0.15) is 0 Å². The molecule has 1 aliphatic rings. The van der Waals surface area contributed by atoms with Crippen molar-refractivity contribution in [2.45, 2.75) is 30.6 Å². The van der Waals surface area contributed by atoms with Crippen molar-refractivity contribution in [1.82, 2.24) is 0 Å². The van der Waals surface area contributed by atoms with E-state index in [-0.39, 0.29) is 19.0 Å². The van der Waals surface area contributed by atoms with Gasteiger partial charge in [0, 0.05) is 14.2 Å². The molecule has 0 spiro atoms. The average molecular weight is 244 g/mol. The van der Waals surface area contributed by atoms with Crippen molar-refractivity contribution in [3.63, 3.8) is 0 Å². The molecule has 1 rings (SSSR count). The van der Waals surface area contributed by atoms with Gasteiger partial charge in [0.15, 0.2) is 6.29 Å². The summed E-state index contributed by atoms with van der Waals surface area (Å²) in [5.74, 6) is 0. The second-order valence-corrected chi connectivity index (χ2v) is 3.23. The van der Waals surface area contributed by atoms with Gasteiger partial charge in [-0.3, -0.25) is 0 Å². The highest BCUT2D eigenvalue weighted by Crippen LogP contribution is 2.22. The van der Waals surface area contributed by atoms with E-state index in [2.05, 4.69) is 0 Å². The lowest BCUT2D eigenvalue weighted by Crippen LogP contribution is -2.63. The molecule has 0 amide bonds. The molecule has 1 fully saturated rings. The topological polar surface area (TPSA) is 94.2 Å². The van der Waals surface area contributed by atoms with Crippen LogP contribution in [0.1, 0.15) is 0 Å². The van der Waals surface area contributed by atoms with Crippen LogP contribution in [0, 0.1) is 0 Å². The van der Waals surface area contributed by atoms with Crippen molar-refractivity contribution in [2.75, 3.05) is 20.8 Å². The van der Waals surface area contributed by atoms with Crippen LogP contribution < -0.4 is 5.73 Å². The van der Waals surface area contributed by atoms with Crippen LogP contribution in [-0.4, -0.2) is 61.7 Å². The molecule has 15 heavy (non-hydrogen) atoms. The van der Waals surface area contributed by atoms with Gasteiger partial charge in [-0.25, -0.2) is 0 Å². The smallest absolute Gasteiger partial charge is 0.173 e. The van der Waals surface area contributed by atoms with Gasteiger partial charge in [0.1, 0.15) is 18.3 Å². The number of nitrogens with two attached hydrogens (primary N) is 1. The number of hydrogen-bond donors (Lipinski definition) is 3. The van der Waals surface area contributed by atoms with Crippen molar-refractivity contribution < 1.29 is 24.4 Å². The van der Waals surface area contributed by atoms with Crippen LogP contribution in [-0.2, 0) is 14.2 Å². The summed E-state index contributed by atoms with van der Waals surface area (Å²) in [7, 11) is 2.95. The summed E-state index contributed by atoms with van der Waals surface area (Å²) in [4.78, 5) is 0. The number of halogens is 1. The first-order chi connectivity index (χ1) is 6.65. The average Bonchev–Trinajstić information content (AvgIpc) is 2.20. The fraction of sp³-hybridized carbons (Fsp3) is 1.00. The zero-order valence-electron chi connectivity index (χ0n) is 8.70. The molecular formula is C8H18ClNO5. The summed E-state index contributed by atoms with van der Waals surface area (Å²) in [5.41, 5.74) is 5.65. The summed E-state index contributed by atoms with van der Waals surface area (Å²) in [6.07, 6.45) is -2.70. The molecule has 0 bridgehead atoms. The minimum atomic E-state index is -1.14. The van der Waals surface area contributed by atoms with Crippen LogP contribution in [0.5, 0.6) is 0 Å². The molecule has 0 aliphatic carbocycles. The van der Waals surface area contributed by atoms with Crippen molar-refractivity contribution >= 4 is 12.4 Å². The Balaban J connectivity index is 0.00000196. The number of aliphatic hydroxyl groups excluding tert-OH is 2. The summed E-state index contributed by atoms with van der Waals surface area (Å²) in [6.45, 7) is -0.248. The van der Waals surface area contributed by atoms with Gasteiger partial charge in [0.25, 0.3) is 0 Å². The molecule has 92 valence electrons. The highest BCUT2D eigenvalue weighted by molar-refractivity contribution is 5.85. The lowest BCUT2D eigenvalue weighted by atomic mass is 9.97. The fourth-order valence-corrected chi connectivity index (χ4v) is 1.66. The van der Waals surface area contributed by atoms with Gasteiger partial charge in [-0.15, -0.1) is 12.4 Å². The molecule has 0 saturated carbocycles. The third-order valence-electron chi connectivity index (χ3n) is 2.44. The fourth-order valence-electron chi connectivity index (χ4n) is 1.66. The molecule has 1 heterocycles. The number of ether oxygens (including phenoxy) is 3. The first-order valence-corrected chi connectivity index (χ1v) is 4.41. The minimum absolute atomic E-state index is 0. The largest absolute Gasteiger partial charge is 0.394 e. The molecule has 1 aliphatic heterocycles. The van der Waals surface area contributed by atoms with Crippen LogP contribution in [0.15, 0.2) is 0 Å². The molecule has 1 saturated heterocycles. The van der Waals surface area contributed by atoms with Crippen LogP contribution in [0.2, 0.25) is 0 Å². The van der Waals surface area contributed by atoms with E-state index in [1.165, 1.54) is 14.2 Å². The Bertz CT molecular complexity index is 180. The second kappa shape index (κ2) is 6.59. The highest BCUT2D eigenvalue weighted by atomic mass is 35.5. The van der Waals surface area contributed by atoms with E-state index in [0.29, 0.717) is 0 Å². The zero-order valence-corrected chi connectivity index (χ0v) is 9.52. The van der Waals surface area contributed by atoms with Crippen molar-refractivity contribution in [3.8, 4) is 0 Å². The number of hydrogen-bond acceptors (Lipinski definition) is 6. The van der Waals surface area contributed by atoms with Gasteiger partial charge < -0.3 is 30.2 Å². The highest BCUT2D eigenvalue weighted by Gasteiger charge is 2.43. The second-order valence-electron chi connectivity index (χ2n) is 3.23. The van der Waals surface area contributed by atoms with Gasteiger partial charge in [-0.1, -0.05) is 0 Å². The Morgan fingerprint density at radius 1 is 1.27 bits per heavy atom. The maximum Gasteiger partial charge on any atom is 0.173 e. The SMILES string of the molecule is COC1C(CO)OC(O)C(N)C1OC.Cl. The molecule has 5 unspecified atom stereocenters. The maximum absolute atomic E-state index is 9.40. The van der Waals surface area contributed by atoms with Crippen LogP contribution in [0.25, 0.3) is 0 Å². The third-order valence-corrected chi connectivity index (χ3v) is 2.44. The molecule has 7 heteroatoms. The van der Waals surface area contributed by atoms with E-state index in [9.17, 15) is 5.11 Å². The van der Waals surface area contributed by atoms with Crippen molar-refractivity contribution in [1.29, 1.82) is 0 Å². The normalized spacial score (nSPS) is 41.0. The Morgan fingerprint density at radius 3 is 2.20 bits per heavy atom. The first-order valence-electron chi connectivity index (χ1n) is 4.41. The van der Waals surface area contributed by atoms with E-state index in [1.807, 2.05) is 0 Å². The van der Waals surface area contributed by atoms with Crippen LogP contribution >= 0.6 is 12.4 Å². The minimum Gasteiger partial charge on any atom is -0.394 e. The van der Waals surface area contributed by atoms with E-state index >= 15 is 0 Å². The van der Waals surface area contributed by atoms with Gasteiger partial charge >= 0.3 is 0 Å². The van der Waals surface area contributed by atoms with E-state index in [4.69, 9.17) is 25.1 Å². The standard InChI is InChI=1S/C8H17NO5.ClH/c1-12-6-4(3-10)14-8(11)5(9)7(6)13-2;/h4-8,10-11H,3,9H2,1-2H3;1H. The lowest BCUT2D eigenvalue weighted by molar-refractivity contribution is -0.258. The summed E-state index contributed by atoms with van der Waals surface area (Å²) >= 11 is 0. The third kappa shape index (κ3) is 3.01. The molecule has 0 radical (unpaired) electrons. The monoisotopic (exact) mass is 243 g/mol. The molecule has 0 aromatic heterocycles. The van der Waals surface area contributed by atoms with Gasteiger partial charge in [-0.05, 0) is 0 Å². The van der Waals surface area contributed by atoms with E-state index in [1.54, 1.807) is 0 Å². The van der Waals surface area contributed by atoms with Crippen LogP contribution in [0.3, 0.4) is 0 Å². The Hall–Kier alpha value is 0.0500. The van der Waals surface area contributed by atoms with Crippen molar-refractivity contribution in [3.05, 3.63) is 0 Å². The Kier molecular flexibility index (Phi) is 6.62. The zero-order chi connectivity index (χ0) is 10.7. The van der Waals surface area contributed by atoms with E-state index in [0.717, 1.165) is 0 Å². The predicted octanol–water partition coefficient (Wildman–Crippen LogP) is -1.52. The molecular weight excluding hydrogens is 226 g/mol.